The first-order valence-electron chi connectivity index (χ1n) is 8.36. The highest BCUT2D eigenvalue weighted by Gasteiger charge is 2.56. The lowest BCUT2D eigenvalue weighted by Gasteiger charge is -2.09. The molecule has 122 valence electrons. The number of benzene rings is 2. The number of esters is 1. The monoisotopic (exact) mass is 320 g/mol. The Morgan fingerprint density at radius 2 is 1.88 bits per heavy atom. The summed E-state index contributed by atoms with van der Waals surface area (Å²) in [5, 5.41) is 0. The number of rotatable bonds is 5. The van der Waals surface area contributed by atoms with Gasteiger partial charge in [-0.1, -0.05) is 42.0 Å². The molecule has 3 unspecified atom stereocenters. The highest BCUT2D eigenvalue weighted by atomic mass is 16.5. The van der Waals surface area contributed by atoms with Gasteiger partial charge in [-0.2, -0.15) is 0 Å². The van der Waals surface area contributed by atoms with Crippen LogP contribution in [-0.4, -0.2) is 5.97 Å². The van der Waals surface area contributed by atoms with E-state index < -0.39 is 0 Å². The fourth-order valence-electron chi connectivity index (χ4n) is 3.57. The molecule has 0 radical (unpaired) electrons. The van der Waals surface area contributed by atoms with E-state index in [1.807, 2.05) is 54.6 Å². The molecule has 3 atom stereocenters. The van der Waals surface area contributed by atoms with Crippen molar-refractivity contribution in [1.82, 2.24) is 0 Å². The molecule has 0 saturated heterocycles. The van der Waals surface area contributed by atoms with Crippen LogP contribution >= 0.6 is 0 Å². The van der Waals surface area contributed by atoms with Crippen molar-refractivity contribution in [2.75, 3.05) is 0 Å². The van der Waals surface area contributed by atoms with E-state index >= 15 is 0 Å². The van der Waals surface area contributed by atoms with E-state index in [9.17, 15) is 4.79 Å². The molecule has 1 fully saturated rings. The van der Waals surface area contributed by atoms with E-state index in [0.717, 1.165) is 23.5 Å². The molecule has 0 heterocycles. The molecule has 2 aromatic rings. The Kier molecular flexibility index (Phi) is 3.85. The van der Waals surface area contributed by atoms with Gasteiger partial charge in [-0.15, -0.1) is 0 Å². The standard InChI is InChI=1S/C21H20O3/c1-14-10-18-19(11-14)20(18)21(22)23-13-15-6-5-9-17(12-15)24-16-7-3-2-4-8-16/h2-10,12,18-20H,11,13H2,1H3. The maximum Gasteiger partial charge on any atom is 0.310 e. The van der Waals surface area contributed by atoms with Gasteiger partial charge in [-0.05, 0) is 55.0 Å². The van der Waals surface area contributed by atoms with E-state index in [0.29, 0.717) is 18.4 Å². The summed E-state index contributed by atoms with van der Waals surface area (Å²) in [5.41, 5.74) is 2.34. The third kappa shape index (κ3) is 3.07. The highest BCUT2D eigenvalue weighted by molar-refractivity contribution is 5.77. The Hall–Kier alpha value is -2.55. The van der Waals surface area contributed by atoms with Gasteiger partial charge in [0.1, 0.15) is 18.1 Å². The molecule has 0 aliphatic heterocycles. The van der Waals surface area contributed by atoms with E-state index in [1.54, 1.807) is 0 Å². The molecular formula is C21H20O3. The largest absolute Gasteiger partial charge is 0.461 e. The maximum atomic E-state index is 12.2. The molecule has 3 heteroatoms. The Bertz CT molecular complexity index is 779. The van der Waals surface area contributed by atoms with Gasteiger partial charge < -0.3 is 9.47 Å². The number of hydrogen-bond donors (Lipinski definition) is 0. The second-order valence-corrected chi connectivity index (χ2v) is 6.65. The summed E-state index contributed by atoms with van der Waals surface area (Å²) in [5.74, 6) is 2.47. The van der Waals surface area contributed by atoms with Gasteiger partial charge in [-0.25, -0.2) is 0 Å². The van der Waals surface area contributed by atoms with Crippen LogP contribution in [0.1, 0.15) is 18.9 Å². The van der Waals surface area contributed by atoms with Gasteiger partial charge in [0.25, 0.3) is 0 Å². The number of carbonyl (C=O) groups is 1. The number of hydrogen-bond acceptors (Lipinski definition) is 3. The fourth-order valence-corrected chi connectivity index (χ4v) is 3.57. The smallest absolute Gasteiger partial charge is 0.310 e. The zero-order valence-electron chi connectivity index (χ0n) is 13.6. The van der Waals surface area contributed by atoms with Gasteiger partial charge in [0.05, 0.1) is 5.92 Å². The minimum Gasteiger partial charge on any atom is -0.461 e. The predicted molar refractivity (Wildman–Crippen MR) is 91.6 cm³/mol. The number of carbonyl (C=O) groups excluding carboxylic acids is 1. The zero-order chi connectivity index (χ0) is 16.5. The summed E-state index contributed by atoms with van der Waals surface area (Å²) < 4.78 is 11.3. The van der Waals surface area contributed by atoms with Crippen LogP contribution in [0.25, 0.3) is 0 Å². The zero-order valence-corrected chi connectivity index (χ0v) is 13.6. The van der Waals surface area contributed by atoms with Crippen molar-refractivity contribution >= 4 is 5.97 Å². The number of allylic oxidation sites excluding steroid dienone is 2. The van der Waals surface area contributed by atoms with Gasteiger partial charge >= 0.3 is 5.97 Å². The molecule has 0 aromatic heterocycles. The topological polar surface area (TPSA) is 35.5 Å². The Balaban J connectivity index is 1.34. The SMILES string of the molecule is CC1=CC2C(C1)C2C(=O)OCc1cccc(Oc2ccccc2)c1. The molecule has 1 saturated carbocycles. The van der Waals surface area contributed by atoms with Gasteiger partial charge in [0.2, 0.25) is 0 Å². The van der Waals surface area contributed by atoms with E-state index in [1.165, 1.54) is 5.57 Å². The van der Waals surface area contributed by atoms with Crippen molar-refractivity contribution in [2.24, 2.45) is 17.8 Å². The van der Waals surface area contributed by atoms with E-state index in [4.69, 9.17) is 9.47 Å². The third-order valence-electron chi connectivity index (χ3n) is 4.79. The van der Waals surface area contributed by atoms with Crippen LogP contribution < -0.4 is 4.74 Å². The van der Waals surface area contributed by atoms with Crippen molar-refractivity contribution in [3.8, 4) is 11.5 Å². The lowest BCUT2D eigenvalue weighted by atomic mass is 10.1. The van der Waals surface area contributed by atoms with Crippen molar-refractivity contribution in [2.45, 2.75) is 20.0 Å². The minimum absolute atomic E-state index is 0.0665. The normalized spacial score (nSPS) is 24.0. The fraction of sp³-hybridized carbons (Fsp3) is 0.286. The summed E-state index contributed by atoms with van der Waals surface area (Å²) >= 11 is 0. The van der Waals surface area contributed by atoms with Crippen LogP contribution in [0.2, 0.25) is 0 Å². The van der Waals surface area contributed by atoms with Crippen LogP contribution in [0.3, 0.4) is 0 Å². The molecule has 2 aliphatic rings. The molecule has 4 rings (SSSR count). The minimum atomic E-state index is -0.0665. The Morgan fingerprint density at radius 3 is 2.62 bits per heavy atom. The van der Waals surface area contributed by atoms with E-state index in [-0.39, 0.29) is 11.9 Å². The summed E-state index contributed by atoms with van der Waals surface area (Å²) in [6.07, 6.45) is 3.27. The van der Waals surface area contributed by atoms with Crippen LogP contribution in [0.5, 0.6) is 11.5 Å². The van der Waals surface area contributed by atoms with Gasteiger partial charge in [0.15, 0.2) is 0 Å². The Morgan fingerprint density at radius 1 is 1.08 bits per heavy atom. The molecule has 2 aliphatic carbocycles. The second kappa shape index (κ2) is 6.16. The quantitative estimate of drug-likeness (QED) is 0.590. The molecule has 0 amide bonds. The maximum absolute atomic E-state index is 12.2. The predicted octanol–water partition coefficient (Wildman–Crippen LogP) is 4.73. The van der Waals surface area contributed by atoms with Gasteiger partial charge in [0, 0.05) is 0 Å². The first-order chi connectivity index (χ1) is 11.7. The molecule has 3 nitrogen and oxygen atoms in total. The molecular weight excluding hydrogens is 300 g/mol. The van der Waals surface area contributed by atoms with Crippen molar-refractivity contribution in [1.29, 1.82) is 0 Å². The summed E-state index contributed by atoms with van der Waals surface area (Å²) in [6.45, 7) is 2.43. The van der Waals surface area contributed by atoms with Crippen molar-refractivity contribution in [3.63, 3.8) is 0 Å². The third-order valence-corrected chi connectivity index (χ3v) is 4.79. The van der Waals surface area contributed by atoms with Crippen molar-refractivity contribution < 1.29 is 14.3 Å². The van der Waals surface area contributed by atoms with Gasteiger partial charge in [-0.3, -0.25) is 4.79 Å². The lowest BCUT2D eigenvalue weighted by Crippen LogP contribution is -2.10. The summed E-state index contributed by atoms with van der Waals surface area (Å²) in [4.78, 5) is 12.2. The summed E-state index contributed by atoms with van der Waals surface area (Å²) in [6, 6.07) is 17.3. The molecule has 0 N–H and O–H groups in total. The highest BCUT2D eigenvalue weighted by Crippen LogP contribution is 2.56. The van der Waals surface area contributed by atoms with Crippen LogP contribution in [-0.2, 0) is 16.1 Å². The average Bonchev–Trinajstić information content (AvgIpc) is 3.11. The Labute approximate surface area is 141 Å². The molecule has 2 aromatic carbocycles. The number of para-hydroxylation sites is 1. The van der Waals surface area contributed by atoms with Crippen LogP contribution in [0, 0.1) is 17.8 Å². The van der Waals surface area contributed by atoms with E-state index in [2.05, 4.69) is 13.0 Å². The average molecular weight is 320 g/mol. The molecule has 0 bridgehead atoms. The van der Waals surface area contributed by atoms with Crippen LogP contribution in [0.4, 0.5) is 0 Å². The van der Waals surface area contributed by atoms with Crippen LogP contribution in [0.15, 0.2) is 66.2 Å². The number of fused-ring (bicyclic) bond motifs is 1. The molecule has 0 spiro atoms. The first kappa shape index (κ1) is 15.0. The van der Waals surface area contributed by atoms with Crippen molar-refractivity contribution in [3.05, 3.63) is 71.8 Å². The number of ether oxygens (including phenoxy) is 2. The molecule has 24 heavy (non-hydrogen) atoms. The first-order valence-corrected chi connectivity index (χ1v) is 8.36. The lowest BCUT2D eigenvalue weighted by molar-refractivity contribution is -0.147. The second-order valence-electron chi connectivity index (χ2n) is 6.65. The summed E-state index contributed by atoms with van der Waals surface area (Å²) in [7, 11) is 0.